The van der Waals surface area contributed by atoms with Crippen molar-refractivity contribution in [2.75, 3.05) is 0 Å². The van der Waals surface area contributed by atoms with Crippen LogP contribution in [0.15, 0.2) is 36.4 Å². The Morgan fingerprint density at radius 2 is 1.46 bits per heavy atom. The summed E-state index contributed by atoms with van der Waals surface area (Å²) in [6.07, 6.45) is 7.79. The van der Waals surface area contributed by atoms with Crippen LogP contribution in [0, 0.1) is 41.2 Å². The molecule has 0 unspecified atom stereocenters. The average molecular weight is 376 g/mol. The first-order chi connectivity index (χ1) is 13.6. The van der Waals surface area contributed by atoms with E-state index in [0.717, 1.165) is 23.6 Å². The molecule has 1 aliphatic carbocycles. The lowest BCUT2D eigenvalue weighted by molar-refractivity contribution is 0.308. The van der Waals surface area contributed by atoms with Crippen LogP contribution >= 0.6 is 0 Å². The molecule has 144 valence electrons. The number of hydrogen-bond acceptors (Lipinski definition) is 0. The van der Waals surface area contributed by atoms with Crippen LogP contribution < -0.4 is 0 Å². The highest BCUT2D eigenvalue weighted by Crippen LogP contribution is 2.37. The minimum atomic E-state index is -0.549. The molecular weight excluding hydrogens is 350 g/mol. The van der Waals surface area contributed by atoms with Crippen molar-refractivity contribution < 1.29 is 8.78 Å². The normalized spacial score (nSPS) is 18.6. The third kappa shape index (κ3) is 5.02. The van der Waals surface area contributed by atoms with Gasteiger partial charge in [-0.25, -0.2) is 8.78 Å². The summed E-state index contributed by atoms with van der Waals surface area (Å²) in [4.78, 5) is 0. The van der Waals surface area contributed by atoms with E-state index in [9.17, 15) is 8.78 Å². The predicted octanol–water partition coefficient (Wildman–Crippen LogP) is 6.81. The lowest BCUT2D eigenvalue weighted by Crippen LogP contribution is -2.13. The van der Waals surface area contributed by atoms with Crippen LogP contribution in [0.3, 0.4) is 0 Å². The van der Waals surface area contributed by atoms with Crippen LogP contribution in [-0.2, 0) is 0 Å². The van der Waals surface area contributed by atoms with Gasteiger partial charge in [0.2, 0.25) is 0 Å². The van der Waals surface area contributed by atoms with E-state index in [-0.39, 0.29) is 11.1 Å². The van der Waals surface area contributed by atoms with E-state index >= 15 is 0 Å². The maximum absolute atomic E-state index is 14.1. The Kier molecular flexibility index (Phi) is 6.89. The topological polar surface area (TPSA) is 0 Å². The number of hydrogen-bond donors (Lipinski definition) is 0. The van der Waals surface area contributed by atoms with Crippen molar-refractivity contribution in [3.05, 3.63) is 70.3 Å². The highest BCUT2D eigenvalue weighted by molar-refractivity contribution is 5.47. The first kappa shape index (κ1) is 20.2. The summed E-state index contributed by atoms with van der Waals surface area (Å²) < 4.78 is 28.1. The zero-order valence-electron chi connectivity index (χ0n) is 16.6. The fourth-order valence-electron chi connectivity index (χ4n) is 4.04. The van der Waals surface area contributed by atoms with E-state index in [1.54, 1.807) is 6.92 Å². The van der Waals surface area contributed by atoms with Crippen molar-refractivity contribution in [2.45, 2.75) is 58.3 Å². The maximum atomic E-state index is 14.1. The Hall–Kier alpha value is -2.58. The quantitative estimate of drug-likeness (QED) is 0.516. The Morgan fingerprint density at radius 1 is 0.857 bits per heavy atom. The molecule has 0 spiro atoms. The van der Waals surface area contributed by atoms with Gasteiger partial charge in [-0.05, 0) is 74.3 Å². The SMILES string of the molecule is CC#Cc1cc(F)c(C#Cc2ccc(C3CCC(CCC)CC3)cc2)cc1F. The Balaban J connectivity index is 1.69. The molecule has 2 aromatic carbocycles. The van der Waals surface area contributed by atoms with Gasteiger partial charge in [0.05, 0.1) is 11.1 Å². The average Bonchev–Trinajstić information content (AvgIpc) is 2.71. The van der Waals surface area contributed by atoms with Gasteiger partial charge in [0.15, 0.2) is 0 Å². The molecule has 2 aromatic rings. The monoisotopic (exact) mass is 376 g/mol. The van der Waals surface area contributed by atoms with Crippen LogP contribution in [0.25, 0.3) is 0 Å². The molecule has 28 heavy (non-hydrogen) atoms. The summed E-state index contributed by atoms with van der Waals surface area (Å²) in [5, 5.41) is 0. The third-order valence-electron chi connectivity index (χ3n) is 5.58. The van der Waals surface area contributed by atoms with Crippen molar-refractivity contribution >= 4 is 0 Å². The van der Waals surface area contributed by atoms with E-state index in [1.165, 1.54) is 44.1 Å². The molecule has 0 radical (unpaired) electrons. The van der Waals surface area contributed by atoms with E-state index in [4.69, 9.17) is 0 Å². The first-order valence-corrected chi connectivity index (χ1v) is 10.1. The van der Waals surface area contributed by atoms with Gasteiger partial charge >= 0.3 is 0 Å². The first-order valence-electron chi connectivity index (χ1n) is 10.1. The molecule has 0 aromatic heterocycles. The van der Waals surface area contributed by atoms with Crippen LogP contribution in [0.2, 0.25) is 0 Å². The molecule has 1 fully saturated rings. The fourth-order valence-corrected chi connectivity index (χ4v) is 4.04. The van der Waals surface area contributed by atoms with Crippen LogP contribution in [0.4, 0.5) is 8.78 Å². The Bertz CT molecular complexity index is 925. The zero-order chi connectivity index (χ0) is 19.9. The molecule has 0 N–H and O–H groups in total. The summed E-state index contributed by atoms with van der Waals surface area (Å²) >= 11 is 0. The van der Waals surface area contributed by atoms with E-state index in [0.29, 0.717) is 5.92 Å². The van der Waals surface area contributed by atoms with Gasteiger partial charge < -0.3 is 0 Å². The molecule has 0 amide bonds. The lowest BCUT2D eigenvalue weighted by atomic mass is 9.77. The molecule has 0 heterocycles. The highest BCUT2D eigenvalue weighted by Gasteiger charge is 2.21. The molecule has 2 heteroatoms. The molecule has 0 bridgehead atoms. The second-order valence-corrected chi connectivity index (χ2v) is 7.57. The zero-order valence-corrected chi connectivity index (χ0v) is 16.6. The van der Waals surface area contributed by atoms with Gasteiger partial charge in [-0.1, -0.05) is 49.7 Å². The molecular formula is C26H26F2. The standard InChI is InChI=1S/C26H26F2/c1-3-5-19-7-12-21(13-8-19)22-14-9-20(10-15-22)11-16-24-18-25(27)23(6-4-2)17-26(24)28/h9-10,14-15,17-19,21H,3,5,7-8,12-13H2,1-2H3. The summed E-state index contributed by atoms with van der Waals surface area (Å²) in [6, 6.07) is 10.4. The maximum Gasteiger partial charge on any atom is 0.140 e. The van der Waals surface area contributed by atoms with Crippen LogP contribution in [0.1, 0.15) is 80.5 Å². The summed E-state index contributed by atoms with van der Waals surface area (Å²) in [6.45, 7) is 3.85. The number of benzene rings is 2. The lowest BCUT2D eigenvalue weighted by Gasteiger charge is -2.28. The molecule has 3 rings (SSSR count). The minimum Gasteiger partial charge on any atom is -0.206 e. The second kappa shape index (κ2) is 9.57. The van der Waals surface area contributed by atoms with Crippen molar-refractivity contribution in [2.24, 2.45) is 5.92 Å². The van der Waals surface area contributed by atoms with E-state index in [1.807, 2.05) is 12.1 Å². The molecule has 1 aliphatic rings. The molecule has 0 saturated heterocycles. The third-order valence-corrected chi connectivity index (χ3v) is 5.58. The Morgan fingerprint density at radius 3 is 2.04 bits per heavy atom. The molecule has 0 aliphatic heterocycles. The molecule has 1 saturated carbocycles. The van der Waals surface area contributed by atoms with Gasteiger partial charge in [0.25, 0.3) is 0 Å². The number of rotatable bonds is 3. The molecule has 0 atom stereocenters. The molecule has 0 nitrogen and oxygen atoms in total. The van der Waals surface area contributed by atoms with E-state index < -0.39 is 11.6 Å². The summed E-state index contributed by atoms with van der Waals surface area (Å²) in [5.41, 5.74) is 2.28. The van der Waals surface area contributed by atoms with E-state index in [2.05, 4.69) is 42.7 Å². The summed E-state index contributed by atoms with van der Waals surface area (Å²) in [5.74, 6) is 11.3. The highest BCUT2D eigenvalue weighted by atomic mass is 19.1. The smallest absolute Gasteiger partial charge is 0.140 e. The largest absolute Gasteiger partial charge is 0.206 e. The predicted molar refractivity (Wildman–Crippen MR) is 111 cm³/mol. The van der Waals surface area contributed by atoms with Crippen molar-refractivity contribution in [1.29, 1.82) is 0 Å². The van der Waals surface area contributed by atoms with Crippen molar-refractivity contribution in [3.8, 4) is 23.7 Å². The van der Waals surface area contributed by atoms with Gasteiger partial charge in [-0.2, -0.15) is 0 Å². The Labute approximate surface area is 167 Å². The summed E-state index contributed by atoms with van der Waals surface area (Å²) in [7, 11) is 0. The van der Waals surface area contributed by atoms with Crippen molar-refractivity contribution in [3.63, 3.8) is 0 Å². The fraction of sp³-hybridized carbons (Fsp3) is 0.385. The number of halogens is 2. The van der Waals surface area contributed by atoms with Crippen LogP contribution in [-0.4, -0.2) is 0 Å². The van der Waals surface area contributed by atoms with Crippen LogP contribution in [0.5, 0.6) is 0 Å². The second-order valence-electron chi connectivity index (χ2n) is 7.57. The minimum absolute atomic E-state index is 0.0532. The van der Waals surface area contributed by atoms with Crippen molar-refractivity contribution in [1.82, 2.24) is 0 Å². The van der Waals surface area contributed by atoms with Gasteiger partial charge in [0.1, 0.15) is 11.6 Å². The van der Waals surface area contributed by atoms with Gasteiger partial charge in [-0.3, -0.25) is 0 Å². The van der Waals surface area contributed by atoms with Gasteiger partial charge in [0, 0.05) is 5.56 Å². The van der Waals surface area contributed by atoms with Gasteiger partial charge in [-0.15, -0.1) is 5.92 Å².